The van der Waals surface area contributed by atoms with E-state index in [-0.39, 0.29) is 17.2 Å². The predicted octanol–water partition coefficient (Wildman–Crippen LogP) is 5.83. The minimum Gasteiger partial charge on any atom is -0.366 e. The summed E-state index contributed by atoms with van der Waals surface area (Å²) in [5.74, 6) is -0.241. The minimum atomic E-state index is -0.310. The smallest absolute Gasteiger partial charge is 0.134 e. The molecule has 0 bridgehead atoms. The summed E-state index contributed by atoms with van der Waals surface area (Å²) in [7, 11) is 0. The summed E-state index contributed by atoms with van der Waals surface area (Å²) in [6.07, 6.45) is 2.54. The lowest BCUT2D eigenvalue weighted by atomic mass is 9.79. The van der Waals surface area contributed by atoms with Crippen LogP contribution in [-0.2, 0) is 0 Å². The number of anilines is 1. The normalized spacial score (nSPS) is 19.3. The number of hydrogen-bond acceptors (Lipinski definition) is 2. The van der Waals surface area contributed by atoms with Crippen molar-refractivity contribution >= 4 is 17.6 Å². The molecule has 25 heavy (non-hydrogen) atoms. The van der Waals surface area contributed by atoms with Gasteiger partial charge in [-0.3, -0.25) is 4.99 Å². The van der Waals surface area contributed by atoms with E-state index in [0.717, 1.165) is 24.2 Å². The maximum atomic E-state index is 14.7. The van der Waals surface area contributed by atoms with Crippen LogP contribution in [0.25, 0.3) is 0 Å². The van der Waals surface area contributed by atoms with Gasteiger partial charge in [0, 0.05) is 29.5 Å². The van der Waals surface area contributed by atoms with Crippen LogP contribution in [0.1, 0.15) is 51.2 Å². The van der Waals surface area contributed by atoms with Gasteiger partial charge in [-0.1, -0.05) is 6.92 Å². The van der Waals surface area contributed by atoms with Crippen molar-refractivity contribution in [3.05, 3.63) is 59.2 Å². The van der Waals surface area contributed by atoms with E-state index >= 15 is 0 Å². The van der Waals surface area contributed by atoms with Crippen molar-refractivity contribution in [3.63, 3.8) is 0 Å². The van der Waals surface area contributed by atoms with Crippen molar-refractivity contribution in [1.82, 2.24) is 0 Å². The number of fused-ring (bicyclic) bond motifs is 1. The molecule has 132 valence electrons. The maximum absolute atomic E-state index is 14.7. The van der Waals surface area contributed by atoms with Gasteiger partial charge in [-0.25, -0.2) is 8.78 Å². The maximum Gasteiger partial charge on any atom is 0.134 e. The number of halogens is 2. The van der Waals surface area contributed by atoms with Gasteiger partial charge in [-0.05, 0) is 75.1 Å². The van der Waals surface area contributed by atoms with Crippen LogP contribution in [-0.4, -0.2) is 18.3 Å². The van der Waals surface area contributed by atoms with Gasteiger partial charge >= 0.3 is 0 Å². The average molecular weight is 342 g/mol. The molecule has 0 aromatic heterocycles. The molecule has 0 radical (unpaired) electrons. The zero-order valence-electron chi connectivity index (χ0n) is 15.2. The summed E-state index contributed by atoms with van der Waals surface area (Å²) < 4.78 is 27.6. The monoisotopic (exact) mass is 342 g/mol. The van der Waals surface area contributed by atoms with Crippen molar-refractivity contribution in [2.24, 2.45) is 4.99 Å². The van der Waals surface area contributed by atoms with Crippen LogP contribution < -0.4 is 4.90 Å². The Morgan fingerprint density at radius 2 is 1.88 bits per heavy atom. The molecule has 0 aliphatic carbocycles. The number of rotatable bonds is 3. The Hall–Kier alpha value is -2.23. The van der Waals surface area contributed by atoms with E-state index in [1.54, 1.807) is 18.2 Å². The third-order valence-electron chi connectivity index (χ3n) is 5.00. The summed E-state index contributed by atoms with van der Waals surface area (Å²) in [4.78, 5) is 6.55. The summed E-state index contributed by atoms with van der Waals surface area (Å²) in [6.45, 7) is 9.54. The molecule has 0 N–H and O–H groups in total. The third kappa shape index (κ3) is 3.44. The van der Waals surface area contributed by atoms with E-state index in [1.165, 1.54) is 18.3 Å². The van der Waals surface area contributed by atoms with Crippen molar-refractivity contribution < 1.29 is 8.78 Å². The zero-order valence-corrected chi connectivity index (χ0v) is 15.2. The Labute approximate surface area is 148 Å². The Morgan fingerprint density at radius 1 is 1.20 bits per heavy atom. The van der Waals surface area contributed by atoms with Crippen molar-refractivity contribution in [1.29, 1.82) is 0 Å². The second-order valence-electron chi connectivity index (χ2n) is 7.33. The quantitative estimate of drug-likeness (QED) is 0.641. The predicted molar refractivity (Wildman–Crippen MR) is 100 cm³/mol. The third-order valence-corrected chi connectivity index (χ3v) is 5.00. The van der Waals surface area contributed by atoms with Crippen LogP contribution in [0.2, 0.25) is 0 Å². The van der Waals surface area contributed by atoms with E-state index < -0.39 is 0 Å². The molecule has 1 aliphatic rings. The van der Waals surface area contributed by atoms with Gasteiger partial charge in [-0.2, -0.15) is 0 Å². The van der Waals surface area contributed by atoms with E-state index in [0.29, 0.717) is 17.2 Å². The summed E-state index contributed by atoms with van der Waals surface area (Å²) in [6, 6.07) is 9.37. The highest BCUT2D eigenvalue weighted by molar-refractivity contribution is 5.84. The van der Waals surface area contributed by atoms with Crippen LogP contribution in [0.4, 0.5) is 20.2 Å². The molecule has 1 aliphatic heterocycles. The zero-order chi connectivity index (χ0) is 18.2. The van der Waals surface area contributed by atoms with Crippen LogP contribution in [0, 0.1) is 11.6 Å². The highest BCUT2D eigenvalue weighted by Gasteiger charge is 2.36. The fourth-order valence-electron chi connectivity index (χ4n) is 3.89. The molecule has 2 nitrogen and oxygen atoms in total. The van der Waals surface area contributed by atoms with Gasteiger partial charge in [0.2, 0.25) is 0 Å². The molecule has 1 atom stereocenters. The van der Waals surface area contributed by atoms with E-state index in [2.05, 4.69) is 37.6 Å². The first-order valence-corrected chi connectivity index (χ1v) is 8.72. The van der Waals surface area contributed by atoms with Gasteiger partial charge < -0.3 is 4.90 Å². The van der Waals surface area contributed by atoms with E-state index in [1.807, 2.05) is 6.07 Å². The number of benzene rings is 2. The molecule has 4 heteroatoms. The molecule has 0 spiro atoms. The lowest BCUT2D eigenvalue weighted by molar-refractivity contribution is 0.380. The first-order valence-electron chi connectivity index (χ1n) is 8.72. The molecule has 0 saturated carbocycles. The lowest BCUT2D eigenvalue weighted by Gasteiger charge is -2.47. The average Bonchev–Trinajstić information content (AvgIpc) is 2.54. The highest BCUT2D eigenvalue weighted by atomic mass is 19.1. The SMILES string of the molecule is CCN1c2cc(F)c(C=Nc3ccc(F)cc3)cc2C(C)CC1(C)C. The molecular weight excluding hydrogens is 318 g/mol. The van der Waals surface area contributed by atoms with Crippen molar-refractivity contribution in [2.75, 3.05) is 11.4 Å². The summed E-state index contributed by atoms with van der Waals surface area (Å²) in [5, 5.41) is 0. The van der Waals surface area contributed by atoms with Gasteiger partial charge in [0.15, 0.2) is 0 Å². The number of nitrogens with zero attached hydrogens (tertiary/aromatic N) is 2. The van der Waals surface area contributed by atoms with Crippen molar-refractivity contribution in [3.8, 4) is 0 Å². The first kappa shape index (κ1) is 17.6. The molecule has 0 saturated heterocycles. The molecule has 2 aromatic carbocycles. The van der Waals surface area contributed by atoms with Crippen LogP contribution in [0.5, 0.6) is 0 Å². The summed E-state index contributed by atoms with van der Waals surface area (Å²) >= 11 is 0. The van der Waals surface area contributed by atoms with Crippen LogP contribution in [0.3, 0.4) is 0 Å². The largest absolute Gasteiger partial charge is 0.366 e. The fraction of sp³-hybridized carbons (Fsp3) is 0.381. The Morgan fingerprint density at radius 3 is 2.52 bits per heavy atom. The van der Waals surface area contributed by atoms with Gasteiger partial charge in [0.1, 0.15) is 11.6 Å². The molecule has 1 heterocycles. The Bertz CT molecular complexity index is 794. The second-order valence-corrected chi connectivity index (χ2v) is 7.33. The number of aliphatic imine (C=N–C) groups is 1. The molecular formula is C21H24F2N2. The second kappa shape index (κ2) is 6.58. The molecule has 0 fully saturated rings. The summed E-state index contributed by atoms with van der Waals surface area (Å²) in [5.41, 5.74) is 3.21. The highest BCUT2D eigenvalue weighted by Crippen LogP contribution is 2.43. The standard InChI is InChI=1S/C21H24F2N2/c1-5-25-20-11-19(23)15(10-18(20)14(2)12-21(25,3)4)13-24-17-8-6-16(22)7-9-17/h6-11,13-14H,5,12H2,1-4H3. The van der Waals surface area contributed by atoms with E-state index in [9.17, 15) is 8.78 Å². The topological polar surface area (TPSA) is 15.6 Å². The van der Waals surface area contributed by atoms with Crippen molar-refractivity contribution in [2.45, 2.75) is 45.6 Å². The van der Waals surface area contributed by atoms with Crippen LogP contribution in [0.15, 0.2) is 41.4 Å². The molecule has 3 rings (SSSR count). The Balaban J connectivity index is 1.99. The fourth-order valence-corrected chi connectivity index (χ4v) is 3.89. The number of hydrogen-bond donors (Lipinski definition) is 0. The molecule has 1 unspecified atom stereocenters. The van der Waals surface area contributed by atoms with Gasteiger partial charge in [0.25, 0.3) is 0 Å². The molecule has 0 amide bonds. The van der Waals surface area contributed by atoms with E-state index in [4.69, 9.17) is 0 Å². The first-order chi connectivity index (χ1) is 11.8. The van der Waals surface area contributed by atoms with Crippen LogP contribution >= 0.6 is 0 Å². The van der Waals surface area contributed by atoms with Gasteiger partial charge in [0.05, 0.1) is 5.69 Å². The molecule has 2 aromatic rings. The minimum absolute atomic E-state index is 0.0112. The Kier molecular flexibility index (Phi) is 4.63. The van der Waals surface area contributed by atoms with Gasteiger partial charge in [-0.15, -0.1) is 0 Å². The lowest BCUT2D eigenvalue weighted by Crippen LogP contribution is -2.48.